The van der Waals surface area contributed by atoms with E-state index in [1.54, 1.807) is 11.8 Å². The molecule has 0 amide bonds. The molecule has 4 rings (SSSR count). The fraction of sp³-hybridized carbons (Fsp3) is 0.360. The molecule has 3 aromatic rings. The minimum atomic E-state index is -0.268. The van der Waals surface area contributed by atoms with Gasteiger partial charge in [0.1, 0.15) is 23.9 Å². The number of hydrogen-bond donors (Lipinski definition) is 0. The zero-order chi connectivity index (χ0) is 22.8. The highest BCUT2D eigenvalue weighted by molar-refractivity contribution is 6.33. The molecule has 5 nitrogen and oxygen atoms in total. The van der Waals surface area contributed by atoms with Crippen molar-refractivity contribution >= 4 is 23.2 Å². The lowest BCUT2D eigenvalue weighted by atomic mass is 9.98. The third-order valence-corrected chi connectivity index (χ3v) is 6.15. The number of terminal acetylenes is 1. The number of nitrogens with zero attached hydrogens (tertiary/aromatic N) is 4. The highest BCUT2D eigenvalue weighted by atomic mass is 35.5. The van der Waals surface area contributed by atoms with Crippen LogP contribution in [-0.4, -0.2) is 21.9 Å². The Morgan fingerprint density at radius 3 is 2.62 bits per heavy atom. The molecule has 1 atom stereocenters. The standard InChI is InChI=1S/C25H26ClFN4O/c1-5-12-30-17(3)28-25(29-30)31(23-13-16(2)24(32-4)15-21(23)26)22(14-18-6-7-18)19-8-10-20(27)11-9-19/h1,8-11,13,15,18,22H,6-7,12,14H2,2-4H3. The Balaban J connectivity index is 1.89. The van der Waals surface area contributed by atoms with E-state index in [2.05, 4.69) is 10.8 Å². The molecule has 1 aliphatic rings. The lowest BCUT2D eigenvalue weighted by molar-refractivity contribution is 0.411. The second-order valence-corrected chi connectivity index (χ2v) is 8.62. The predicted molar refractivity (Wildman–Crippen MR) is 125 cm³/mol. The van der Waals surface area contributed by atoms with Gasteiger partial charge in [-0.05, 0) is 55.5 Å². The molecular weight excluding hydrogens is 427 g/mol. The molecule has 166 valence electrons. The van der Waals surface area contributed by atoms with Gasteiger partial charge in [-0.15, -0.1) is 11.5 Å². The maximum Gasteiger partial charge on any atom is 0.250 e. The van der Waals surface area contributed by atoms with Crippen LogP contribution in [0.25, 0.3) is 0 Å². The second-order valence-electron chi connectivity index (χ2n) is 8.21. The summed E-state index contributed by atoms with van der Waals surface area (Å²) in [7, 11) is 1.62. The third kappa shape index (κ3) is 4.58. The van der Waals surface area contributed by atoms with Gasteiger partial charge in [0.15, 0.2) is 0 Å². The summed E-state index contributed by atoms with van der Waals surface area (Å²) in [5, 5.41) is 5.24. The summed E-state index contributed by atoms with van der Waals surface area (Å²) >= 11 is 6.77. The molecule has 1 heterocycles. The van der Waals surface area contributed by atoms with Crippen LogP contribution in [0.15, 0.2) is 36.4 Å². The number of methoxy groups -OCH3 is 1. The molecule has 1 fully saturated rings. The zero-order valence-electron chi connectivity index (χ0n) is 18.5. The fourth-order valence-electron chi connectivity index (χ4n) is 3.96. The summed E-state index contributed by atoms with van der Waals surface area (Å²) in [6, 6.07) is 10.3. The lowest BCUT2D eigenvalue weighted by Crippen LogP contribution is -2.26. The smallest absolute Gasteiger partial charge is 0.250 e. The first kappa shape index (κ1) is 22.2. The third-order valence-electron chi connectivity index (χ3n) is 5.85. The van der Waals surface area contributed by atoms with Crippen molar-refractivity contribution in [1.29, 1.82) is 0 Å². The van der Waals surface area contributed by atoms with Crippen molar-refractivity contribution in [3.63, 3.8) is 0 Å². The maximum atomic E-state index is 13.7. The summed E-state index contributed by atoms with van der Waals surface area (Å²) in [4.78, 5) is 6.79. The molecule has 7 heteroatoms. The largest absolute Gasteiger partial charge is 0.496 e. The molecule has 1 saturated carbocycles. The van der Waals surface area contributed by atoms with Crippen LogP contribution in [0.3, 0.4) is 0 Å². The van der Waals surface area contributed by atoms with Gasteiger partial charge in [-0.2, -0.15) is 4.98 Å². The molecule has 0 bridgehead atoms. The van der Waals surface area contributed by atoms with Crippen LogP contribution in [0.2, 0.25) is 5.02 Å². The number of rotatable bonds is 8. The molecule has 0 spiro atoms. The zero-order valence-corrected chi connectivity index (χ0v) is 19.2. The number of benzene rings is 2. The van der Waals surface area contributed by atoms with Gasteiger partial charge in [0, 0.05) is 6.07 Å². The van der Waals surface area contributed by atoms with Crippen molar-refractivity contribution in [2.24, 2.45) is 5.92 Å². The average molecular weight is 453 g/mol. The molecule has 0 N–H and O–H groups in total. The van der Waals surface area contributed by atoms with Gasteiger partial charge in [0.2, 0.25) is 5.95 Å². The summed E-state index contributed by atoms with van der Waals surface area (Å²) in [5.74, 6) is 4.89. The first-order valence-corrected chi connectivity index (χ1v) is 11.0. The average Bonchev–Trinajstić information content (AvgIpc) is 3.52. The van der Waals surface area contributed by atoms with Gasteiger partial charge in [0.05, 0.1) is 23.9 Å². The van der Waals surface area contributed by atoms with E-state index in [0.29, 0.717) is 35.0 Å². The molecule has 1 aliphatic carbocycles. The van der Waals surface area contributed by atoms with E-state index < -0.39 is 0 Å². The van der Waals surface area contributed by atoms with E-state index in [1.807, 2.05) is 38.1 Å². The molecule has 0 saturated heterocycles. The van der Waals surface area contributed by atoms with Crippen molar-refractivity contribution < 1.29 is 9.13 Å². The Kier molecular flexibility index (Phi) is 6.38. The van der Waals surface area contributed by atoms with Crippen LogP contribution in [0, 0.1) is 37.9 Å². The van der Waals surface area contributed by atoms with Crippen molar-refractivity contribution in [3.05, 3.63) is 64.2 Å². The maximum absolute atomic E-state index is 13.7. The SMILES string of the molecule is C#CCn1nc(N(c2cc(C)c(OC)cc2Cl)C(CC2CC2)c2ccc(F)cc2)nc1C. The van der Waals surface area contributed by atoms with Crippen LogP contribution in [0.4, 0.5) is 16.0 Å². The van der Waals surface area contributed by atoms with E-state index >= 15 is 0 Å². The van der Waals surface area contributed by atoms with Crippen LogP contribution in [-0.2, 0) is 6.54 Å². The lowest BCUT2D eigenvalue weighted by Gasteiger charge is -2.33. The molecule has 32 heavy (non-hydrogen) atoms. The highest BCUT2D eigenvalue weighted by Gasteiger charge is 2.34. The number of anilines is 2. The van der Waals surface area contributed by atoms with Crippen molar-refractivity contribution in [1.82, 2.24) is 14.8 Å². The van der Waals surface area contributed by atoms with Crippen LogP contribution in [0.5, 0.6) is 5.75 Å². The van der Waals surface area contributed by atoms with E-state index in [9.17, 15) is 4.39 Å². The Labute approximate surface area is 193 Å². The quantitative estimate of drug-likeness (QED) is 0.392. The number of aromatic nitrogens is 3. The second kappa shape index (κ2) is 9.22. The molecule has 2 aromatic carbocycles. The normalized spacial score (nSPS) is 14.1. The minimum Gasteiger partial charge on any atom is -0.496 e. The van der Waals surface area contributed by atoms with Crippen LogP contribution >= 0.6 is 11.6 Å². The summed E-state index contributed by atoms with van der Waals surface area (Å²) in [6.45, 7) is 4.17. The first-order valence-electron chi connectivity index (χ1n) is 10.6. The van der Waals surface area contributed by atoms with E-state index in [-0.39, 0.29) is 11.9 Å². The summed E-state index contributed by atoms with van der Waals surface area (Å²) in [6.07, 6.45) is 8.76. The molecule has 1 unspecified atom stereocenters. The van der Waals surface area contributed by atoms with E-state index in [1.165, 1.54) is 25.0 Å². The van der Waals surface area contributed by atoms with Gasteiger partial charge >= 0.3 is 0 Å². The molecule has 0 radical (unpaired) electrons. The van der Waals surface area contributed by atoms with E-state index in [4.69, 9.17) is 32.8 Å². The molecular formula is C25H26ClFN4O. The van der Waals surface area contributed by atoms with E-state index in [0.717, 1.165) is 23.2 Å². The monoisotopic (exact) mass is 452 g/mol. The summed E-state index contributed by atoms with van der Waals surface area (Å²) < 4.78 is 20.9. The van der Waals surface area contributed by atoms with Gasteiger partial charge in [-0.3, -0.25) is 0 Å². The van der Waals surface area contributed by atoms with Gasteiger partial charge in [-0.1, -0.05) is 42.5 Å². The number of hydrogen-bond acceptors (Lipinski definition) is 4. The highest BCUT2D eigenvalue weighted by Crippen LogP contribution is 2.46. The Bertz CT molecular complexity index is 1150. The Morgan fingerprint density at radius 1 is 1.28 bits per heavy atom. The minimum absolute atomic E-state index is 0.116. The van der Waals surface area contributed by atoms with Gasteiger partial charge in [0.25, 0.3) is 0 Å². The number of ether oxygens (including phenoxy) is 1. The predicted octanol–water partition coefficient (Wildman–Crippen LogP) is 6.01. The molecule has 1 aromatic heterocycles. The van der Waals surface area contributed by atoms with Crippen molar-refractivity contribution in [2.75, 3.05) is 12.0 Å². The van der Waals surface area contributed by atoms with Crippen LogP contribution < -0.4 is 9.64 Å². The summed E-state index contributed by atoms with van der Waals surface area (Å²) in [5.41, 5.74) is 2.70. The van der Waals surface area contributed by atoms with Gasteiger partial charge in [-0.25, -0.2) is 9.07 Å². The Morgan fingerprint density at radius 2 is 2.00 bits per heavy atom. The van der Waals surface area contributed by atoms with Crippen molar-refractivity contribution in [3.8, 4) is 18.1 Å². The van der Waals surface area contributed by atoms with Crippen LogP contribution in [0.1, 0.15) is 42.3 Å². The van der Waals surface area contributed by atoms with Gasteiger partial charge < -0.3 is 9.64 Å². The fourth-order valence-corrected chi connectivity index (χ4v) is 4.20. The topological polar surface area (TPSA) is 43.2 Å². The Hall–Kier alpha value is -3.04. The first-order chi connectivity index (χ1) is 15.4. The molecule has 0 aliphatic heterocycles. The number of aryl methyl sites for hydroxylation is 2. The van der Waals surface area contributed by atoms with Crippen molar-refractivity contribution in [2.45, 2.75) is 45.7 Å². The number of halogens is 2.